The van der Waals surface area contributed by atoms with E-state index in [0.717, 1.165) is 36.4 Å². The van der Waals surface area contributed by atoms with Gasteiger partial charge in [0.1, 0.15) is 30.8 Å². The van der Waals surface area contributed by atoms with Crippen molar-refractivity contribution in [3.05, 3.63) is 42.5 Å². The van der Waals surface area contributed by atoms with Crippen LogP contribution in [0.4, 0.5) is 34.9 Å². The number of phenols is 1. The first kappa shape index (κ1) is 35.7. The molecule has 1 aromatic heterocycles. The van der Waals surface area contributed by atoms with Crippen molar-refractivity contribution in [2.45, 2.75) is 14.7 Å². The predicted molar refractivity (Wildman–Crippen MR) is 134 cm³/mol. The molecule has 0 aliphatic carbocycles. The average Bonchev–Trinajstić information content (AvgIpc) is 2.81. The summed E-state index contributed by atoms with van der Waals surface area (Å²) in [6.45, 7) is 0. The molecule has 0 amide bonds. The molecule has 210 valence electrons. The van der Waals surface area contributed by atoms with E-state index in [2.05, 4.69) is 30.5 Å². The van der Waals surface area contributed by atoms with Gasteiger partial charge in [0.15, 0.2) is 5.75 Å². The summed E-state index contributed by atoms with van der Waals surface area (Å²) < 4.78 is 103. The normalized spacial score (nSPS) is 12.1. The van der Waals surface area contributed by atoms with Crippen LogP contribution >= 0.6 is 0 Å². The third-order valence-electron chi connectivity index (χ3n) is 5.00. The Morgan fingerprint density at radius 3 is 1.83 bits per heavy atom. The summed E-state index contributed by atoms with van der Waals surface area (Å²) in [5, 5.41) is 20.2. The van der Waals surface area contributed by atoms with Crippen molar-refractivity contribution >= 4 is 76.0 Å². The number of fused-ring (bicyclic) bond motifs is 1. The van der Waals surface area contributed by atoms with Crippen molar-refractivity contribution in [3.63, 3.8) is 0 Å². The number of phenolic OH excluding ortho intramolecular Hbond substituents is 1. The third-order valence-corrected chi connectivity index (χ3v) is 7.53. The van der Waals surface area contributed by atoms with Gasteiger partial charge in [0.25, 0.3) is 10.1 Å². The monoisotopic (exact) mass is 656 g/mol. The van der Waals surface area contributed by atoms with Gasteiger partial charge < -0.3 is 31.0 Å². The summed E-state index contributed by atoms with van der Waals surface area (Å²) in [6.07, 6.45) is 0. The number of hydrogen-bond donors (Lipinski definition) is 5. The number of nitrogens with zero attached hydrogens (tertiary/aromatic N) is 5. The Bertz CT molecular complexity index is 2020. The summed E-state index contributed by atoms with van der Waals surface area (Å²) in [7, 11) is -15.1. The first-order valence-corrected chi connectivity index (χ1v) is 14.5. The minimum absolute atomic E-state index is 0. The summed E-state index contributed by atoms with van der Waals surface area (Å²) in [4.78, 5) is 8.56. The zero-order valence-corrected chi connectivity index (χ0v) is 27.8. The number of hydrogen-bond acceptors (Lipinski definition) is 17. The van der Waals surface area contributed by atoms with Crippen LogP contribution in [-0.2, 0) is 30.4 Å². The molecule has 4 aromatic rings. The largest absolute Gasteiger partial charge is 1.00 e. The smallest absolute Gasteiger partial charge is 0.744 e. The number of nitrogens with two attached hydrogens (primary N) is 2. The number of nitrogens with one attached hydrogen (secondary N) is 1. The maximum Gasteiger partial charge on any atom is 1.00 e. The van der Waals surface area contributed by atoms with Gasteiger partial charge in [0.05, 0.1) is 21.2 Å². The molecule has 0 aliphatic rings. The van der Waals surface area contributed by atoms with E-state index in [1.54, 1.807) is 0 Å². The Balaban J connectivity index is 0.00000308. The van der Waals surface area contributed by atoms with E-state index in [4.69, 9.17) is 11.5 Å². The number of benzene rings is 3. The van der Waals surface area contributed by atoms with Gasteiger partial charge >= 0.3 is 59.1 Å². The molecule has 4 rings (SSSR count). The first-order chi connectivity index (χ1) is 18.4. The van der Waals surface area contributed by atoms with Crippen LogP contribution in [0, 0.1) is 0 Å². The molecule has 0 aliphatic heterocycles. The van der Waals surface area contributed by atoms with Gasteiger partial charge in [-0.05, 0) is 47.9 Å². The van der Waals surface area contributed by atoms with Crippen molar-refractivity contribution in [1.82, 2.24) is 15.0 Å². The Hall–Kier alpha value is -2.54. The van der Waals surface area contributed by atoms with Crippen LogP contribution in [0.3, 0.4) is 0 Å². The molecule has 0 bridgehead atoms. The van der Waals surface area contributed by atoms with E-state index in [1.165, 1.54) is 0 Å². The topological polar surface area (TPSA) is 316 Å². The zero-order valence-electron chi connectivity index (χ0n) is 21.3. The minimum atomic E-state index is -5.16. The van der Waals surface area contributed by atoms with Crippen LogP contribution in [-0.4, -0.2) is 59.0 Å². The first-order valence-electron chi connectivity index (χ1n) is 10.2. The maximum absolute atomic E-state index is 12.1. The second-order valence-corrected chi connectivity index (χ2v) is 11.9. The number of aromatic hydroxyl groups is 1. The molecule has 18 nitrogen and oxygen atoms in total. The molecular formula is C19H14N8Na2O10S3. The van der Waals surface area contributed by atoms with Gasteiger partial charge in [-0.3, -0.25) is 4.55 Å². The molecule has 0 spiro atoms. The van der Waals surface area contributed by atoms with E-state index in [1.807, 2.05) is 0 Å². The van der Waals surface area contributed by atoms with Gasteiger partial charge in [-0.25, -0.2) is 16.8 Å². The fourth-order valence-corrected chi connectivity index (χ4v) is 5.03. The summed E-state index contributed by atoms with van der Waals surface area (Å²) >= 11 is 0. The van der Waals surface area contributed by atoms with Crippen LogP contribution in [0.5, 0.6) is 5.75 Å². The zero-order chi connectivity index (χ0) is 29.6. The SMILES string of the molecule is Nc1nc(N)nc(Nc2cc(S(=O)(=O)[O-])cc3cc(S(=O)(=O)O)c(N=Nc4ccc(S(=O)(=O)[O-])cc4)c(O)c23)n1.[Na+].[Na+]. The number of aromatic nitrogens is 3. The molecule has 0 radical (unpaired) electrons. The predicted octanol–water partition coefficient (Wildman–Crippen LogP) is -4.88. The minimum Gasteiger partial charge on any atom is -0.744 e. The molecule has 0 fully saturated rings. The number of azo groups is 1. The molecule has 23 heteroatoms. The summed E-state index contributed by atoms with van der Waals surface area (Å²) in [5.41, 5.74) is 9.74. The van der Waals surface area contributed by atoms with Crippen LogP contribution in [0.2, 0.25) is 0 Å². The second-order valence-electron chi connectivity index (χ2n) is 7.72. The molecule has 42 heavy (non-hydrogen) atoms. The van der Waals surface area contributed by atoms with Crippen molar-refractivity contribution in [3.8, 4) is 5.75 Å². The van der Waals surface area contributed by atoms with E-state index in [9.17, 15) is 44.0 Å². The number of rotatable bonds is 7. The third kappa shape index (κ3) is 8.09. The Kier molecular flexibility index (Phi) is 11.0. The van der Waals surface area contributed by atoms with E-state index >= 15 is 0 Å². The Morgan fingerprint density at radius 1 is 0.786 bits per heavy atom. The second kappa shape index (κ2) is 13.0. The summed E-state index contributed by atoms with van der Waals surface area (Å²) in [5.74, 6) is -2.04. The summed E-state index contributed by atoms with van der Waals surface area (Å²) in [6, 6.07) is 6.12. The van der Waals surface area contributed by atoms with Crippen molar-refractivity contribution in [2.75, 3.05) is 16.8 Å². The van der Waals surface area contributed by atoms with Crippen LogP contribution < -0.4 is 75.9 Å². The molecule has 0 saturated carbocycles. The van der Waals surface area contributed by atoms with E-state index in [-0.39, 0.29) is 99.1 Å². The van der Waals surface area contributed by atoms with Gasteiger partial charge in [0, 0.05) is 5.39 Å². The van der Waals surface area contributed by atoms with E-state index in [0.29, 0.717) is 6.07 Å². The van der Waals surface area contributed by atoms with Gasteiger partial charge in [0.2, 0.25) is 17.8 Å². The molecule has 0 saturated heterocycles. The fraction of sp³-hybridized carbons (Fsp3) is 0. The average molecular weight is 657 g/mol. The van der Waals surface area contributed by atoms with Crippen LogP contribution in [0.15, 0.2) is 67.4 Å². The molecule has 0 unspecified atom stereocenters. The standard InChI is InChI=1S/C19H16N8O10S3.2Na/c20-17-23-18(21)25-19(24-17)22-12-7-11(39(32,33)34)5-8-6-13(40(35,36)37)15(16(28)14(8)12)27-26-9-1-3-10(4-2-9)38(29,30)31;;/h1-7,28H,(H,29,30,31)(H,32,33,34)(H,35,36,37)(H5,20,21,22,23,24,25);;/q;2*+1/p-2. The van der Waals surface area contributed by atoms with Crippen LogP contribution in [0.25, 0.3) is 10.8 Å². The maximum atomic E-state index is 12.1. The Morgan fingerprint density at radius 2 is 1.33 bits per heavy atom. The Labute approximate surface area is 281 Å². The molecule has 1 heterocycles. The van der Waals surface area contributed by atoms with Gasteiger partial charge in [-0.1, -0.05) is 0 Å². The number of anilines is 4. The van der Waals surface area contributed by atoms with Crippen molar-refractivity contribution in [2.24, 2.45) is 10.2 Å². The molecule has 3 aromatic carbocycles. The molecule has 7 N–H and O–H groups in total. The van der Waals surface area contributed by atoms with Gasteiger partial charge in [-0.2, -0.15) is 28.5 Å². The molecule has 0 atom stereocenters. The molecular weight excluding hydrogens is 642 g/mol. The van der Waals surface area contributed by atoms with Crippen LogP contribution in [0.1, 0.15) is 0 Å². The quantitative estimate of drug-likeness (QED) is 0.0707. The van der Waals surface area contributed by atoms with E-state index < -0.39 is 56.5 Å². The van der Waals surface area contributed by atoms with Crippen molar-refractivity contribution in [1.29, 1.82) is 0 Å². The fourth-order valence-electron chi connectivity index (χ4n) is 3.37. The number of nitrogen functional groups attached to an aromatic ring is 2. The van der Waals surface area contributed by atoms with Gasteiger partial charge in [-0.15, -0.1) is 5.11 Å². The van der Waals surface area contributed by atoms with Crippen molar-refractivity contribution < 1.29 is 103 Å².